The highest BCUT2D eigenvalue weighted by Crippen LogP contribution is 2.35. The van der Waals surface area contributed by atoms with E-state index < -0.39 is 0 Å². The summed E-state index contributed by atoms with van der Waals surface area (Å²) in [4.78, 5) is 23.2. The number of thiophene rings is 1. The lowest BCUT2D eigenvalue weighted by Gasteiger charge is -2.12. The molecule has 3 heterocycles. The van der Waals surface area contributed by atoms with Crippen LogP contribution in [-0.2, 0) is 6.54 Å². The number of hydrogen-bond acceptors (Lipinski definition) is 7. The zero-order chi connectivity index (χ0) is 19.7. The maximum absolute atomic E-state index is 13.1. The lowest BCUT2D eigenvalue weighted by Crippen LogP contribution is -2.22. The molecule has 0 spiro atoms. The van der Waals surface area contributed by atoms with Gasteiger partial charge in [-0.15, -0.1) is 17.9 Å². The normalized spacial score (nSPS) is 12.4. The molecule has 0 unspecified atom stereocenters. The minimum Gasteiger partial charge on any atom is -0.338 e. The van der Waals surface area contributed by atoms with E-state index in [4.69, 9.17) is 9.51 Å². The quantitative estimate of drug-likeness (QED) is 0.257. The zero-order valence-electron chi connectivity index (χ0n) is 15.5. The number of nitrogens with zero attached hydrogens (tertiary/aromatic N) is 4. The number of aromatic nitrogens is 4. The van der Waals surface area contributed by atoms with E-state index in [9.17, 15) is 4.79 Å². The van der Waals surface area contributed by atoms with Gasteiger partial charge in [-0.1, -0.05) is 53.3 Å². The highest BCUT2D eigenvalue weighted by atomic mass is 32.2. The van der Waals surface area contributed by atoms with Crippen molar-refractivity contribution in [3.8, 4) is 10.4 Å². The summed E-state index contributed by atoms with van der Waals surface area (Å²) in [5.41, 5.74) is 1.71. The number of thioether (sulfide) groups is 1. The average molecular weight is 411 g/mol. The van der Waals surface area contributed by atoms with Crippen LogP contribution in [0.5, 0.6) is 0 Å². The maximum Gasteiger partial charge on any atom is 0.272 e. The van der Waals surface area contributed by atoms with Gasteiger partial charge in [0.1, 0.15) is 4.70 Å². The summed E-state index contributed by atoms with van der Waals surface area (Å²) in [6.07, 6.45) is 1.70. The van der Waals surface area contributed by atoms with Crippen LogP contribution in [0.2, 0.25) is 0 Å². The second kappa shape index (κ2) is 7.73. The van der Waals surface area contributed by atoms with E-state index in [0.717, 1.165) is 10.4 Å². The molecule has 0 N–H and O–H groups in total. The minimum absolute atomic E-state index is 0.0616. The van der Waals surface area contributed by atoms with Gasteiger partial charge in [0.25, 0.3) is 5.56 Å². The summed E-state index contributed by atoms with van der Waals surface area (Å²) in [5, 5.41) is 4.32. The van der Waals surface area contributed by atoms with Crippen LogP contribution in [0.25, 0.3) is 20.7 Å². The Labute approximate surface area is 169 Å². The largest absolute Gasteiger partial charge is 0.338 e. The van der Waals surface area contributed by atoms with E-state index >= 15 is 0 Å². The lowest BCUT2D eigenvalue weighted by molar-refractivity contribution is 0.376. The van der Waals surface area contributed by atoms with Crippen molar-refractivity contribution in [3.63, 3.8) is 0 Å². The first-order valence-electron chi connectivity index (χ1n) is 8.74. The number of benzene rings is 1. The van der Waals surface area contributed by atoms with E-state index in [1.807, 2.05) is 43.3 Å². The molecule has 6 nitrogen and oxygen atoms in total. The first-order chi connectivity index (χ1) is 13.6. The predicted octanol–water partition coefficient (Wildman–Crippen LogP) is 4.86. The van der Waals surface area contributed by atoms with Gasteiger partial charge in [-0.05, 0) is 25.5 Å². The van der Waals surface area contributed by atoms with Gasteiger partial charge in [-0.2, -0.15) is 4.98 Å². The van der Waals surface area contributed by atoms with Crippen LogP contribution in [0, 0.1) is 6.92 Å². The predicted molar refractivity (Wildman–Crippen MR) is 113 cm³/mol. The monoisotopic (exact) mass is 410 g/mol. The van der Waals surface area contributed by atoms with Crippen molar-refractivity contribution in [1.29, 1.82) is 0 Å². The van der Waals surface area contributed by atoms with Crippen LogP contribution in [0.15, 0.2) is 63.5 Å². The van der Waals surface area contributed by atoms with Gasteiger partial charge in [0.05, 0.1) is 10.8 Å². The molecule has 1 aromatic carbocycles. The molecule has 0 saturated carbocycles. The Hall–Kier alpha value is -2.71. The molecule has 8 heteroatoms. The Kier molecular flexibility index (Phi) is 5.15. The molecular formula is C20H18N4O2S2. The first kappa shape index (κ1) is 18.6. The molecule has 1 atom stereocenters. The topological polar surface area (TPSA) is 73.8 Å². The Bertz CT molecular complexity index is 1190. The van der Waals surface area contributed by atoms with Crippen molar-refractivity contribution >= 4 is 33.3 Å². The van der Waals surface area contributed by atoms with Crippen molar-refractivity contribution in [2.24, 2.45) is 0 Å². The third-order valence-electron chi connectivity index (χ3n) is 4.14. The highest BCUT2D eigenvalue weighted by Gasteiger charge is 2.20. The average Bonchev–Trinajstić information content (AvgIpc) is 3.32. The molecule has 4 rings (SSSR count). The molecule has 0 fully saturated rings. The smallest absolute Gasteiger partial charge is 0.272 e. The van der Waals surface area contributed by atoms with Crippen LogP contribution < -0.4 is 5.56 Å². The van der Waals surface area contributed by atoms with Gasteiger partial charge in [-0.3, -0.25) is 9.36 Å². The third-order valence-corrected chi connectivity index (χ3v) is 6.38. The second-order valence-corrected chi connectivity index (χ2v) is 8.59. The van der Waals surface area contributed by atoms with Crippen molar-refractivity contribution in [2.45, 2.75) is 30.8 Å². The third kappa shape index (κ3) is 3.53. The van der Waals surface area contributed by atoms with Crippen molar-refractivity contribution in [3.05, 3.63) is 71.1 Å². The lowest BCUT2D eigenvalue weighted by atomic mass is 10.2. The molecule has 0 aliphatic rings. The molecule has 0 aliphatic heterocycles. The van der Waals surface area contributed by atoms with Gasteiger partial charge >= 0.3 is 0 Å². The first-order valence-corrected chi connectivity index (χ1v) is 10.4. The second-order valence-electron chi connectivity index (χ2n) is 6.23. The van der Waals surface area contributed by atoms with E-state index in [2.05, 4.69) is 16.7 Å². The number of rotatable bonds is 6. The van der Waals surface area contributed by atoms with Crippen LogP contribution in [-0.4, -0.2) is 19.7 Å². The maximum atomic E-state index is 13.1. The van der Waals surface area contributed by atoms with Gasteiger partial charge in [0.2, 0.25) is 5.89 Å². The Balaban J connectivity index is 1.79. The summed E-state index contributed by atoms with van der Waals surface area (Å²) in [6.45, 7) is 7.89. The van der Waals surface area contributed by atoms with Gasteiger partial charge in [0, 0.05) is 11.4 Å². The van der Waals surface area contributed by atoms with Crippen molar-refractivity contribution < 1.29 is 4.52 Å². The number of allylic oxidation sites excluding steroid dienone is 1. The van der Waals surface area contributed by atoms with Gasteiger partial charge < -0.3 is 4.52 Å². The van der Waals surface area contributed by atoms with Gasteiger partial charge in [-0.25, -0.2) is 4.98 Å². The molecule has 0 bridgehead atoms. The van der Waals surface area contributed by atoms with Crippen LogP contribution >= 0.6 is 23.1 Å². The van der Waals surface area contributed by atoms with Crippen molar-refractivity contribution in [2.75, 3.05) is 0 Å². The van der Waals surface area contributed by atoms with E-state index in [0.29, 0.717) is 33.6 Å². The standard InChI is InChI=1S/C20H18N4O2S2/c1-4-10-24-19(25)17-15(11-16(28-17)14-8-6-5-7-9-14)22-20(24)27-12(2)18-21-13(3)23-26-18/h4-9,11-12H,1,10H2,2-3H3/t12-/m0/s1. The molecular weight excluding hydrogens is 392 g/mol. The van der Waals surface area contributed by atoms with E-state index in [1.54, 1.807) is 17.6 Å². The molecule has 3 aromatic heterocycles. The molecule has 0 saturated heterocycles. The van der Waals surface area contributed by atoms with Crippen LogP contribution in [0.4, 0.5) is 0 Å². The Morgan fingerprint density at radius 2 is 2.11 bits per heavy atom. The molecule has 0 amide bonds. The Morgan fingerprint density at radius 3 is 2.79 bits per heavy atom. The minimum atomic E-state index is -0.131. The fourth-order valence-electron chi connectivity index (χ4n) is 2.80. The summed E-state index contributed by atoms with van der Waals surface area (Å²) < 4.78 is 7.55. The summed E-state index contributed by atoms with van der Waals surface area (Å²) in [6, 6.07) is 12.0. The summed E-state index contributed by atoms with van der Waals surface area (Å²) in [7, 11) is 0. The molecule has 142 valence electrons. The zero-order valence-corrected chi connectivity index (χ0v) is 17.1. The SMILES string of the molecule is C=CCn1c(S[C@@H](C)c2nc(C)no2)nc2cc(-c3ccccc3)sc2c1=O. The van der Waals surface area contributed by atoms with Crippen molar-refractivity contribution in [1.82, 2.24) is 19.7 Å². The number of hydrogen-bond donors (Lipinski definition) is 0. The highest BCUT2D eigenvalue weighted by molar-refractivity contribution is 7.99. The van der Waals surface area contributed by atoms with E-state index in [-0.39, 0.29) is 10.8 Å². The summed E-state index contributed by atoms with van der Waals surface area (Å²) >= 11 is 2.89. The fraction of sp³-hybridized carbons (Fsp3) is 0.200. The number of aryl methyl sites for hydroxylation is 1. The van der Waals surface area contributed by atoms with Gasteiger partial charge in [0.15, 0.2) is 11.0 Å². The van der Waals surface area contributed by atoms with E-state index in [1.165, 1.54) is 23.1 Å². The molecule has 0 radical (unpaired) electrons. The Morgan fingerprint density at radius 1 is 1.32 bits per heavy atom. The number of fused-ring (bicyclic) bond motifs is 1. The molecule has 4 aromatic rings. The molecule has 28 heavy (non-hydrogen) atoms. The van der Waals surface area contributed by atoms with Crippen LogP contribution in [0.3, 0.4) is 0 Å². The summed E-state index contributed by atoms with van der Waals surface area (Å²) in [5.74, 6) is 1.09. The molecule has 0 aliphatic carbocycles. The van der Waals surface area contributed by atoms with Crippen LogP contribution in [0.1, 0.15) is 23.9 Å². The fourth-order valence-corrected chi connectivity index (χ4v) is 4.80.